The average molecular weight is 645 g/mol. The SMILES string of the molecule is CC(C)(C)OC(=O)NCCC[C@H](NC(=O)OCC1c2ccccc2-c2ccccc21)C(=O)OCc1ccc(C(=O)OC(C)(C)C)cc1. The van der Waals surface area contributed by atoms with Gasteiger partial charge in [-0.25, -0.2) is 19.2 Å². The number of esters is 2. The van der Waals surface area contributed by atoms with Gasteiger partial charge in [-0.2, -0.15) is 0 Å². The molecule has 0 aliphatic heterocycles. The first-order valence-electron chi connectivity index (χ1n) is 15.8. The molecule has 1 aliphatic rings. The highest BCUT2D eigenvalue weighted by Gasteiger charge is 2.30. The number of fused-ring (bicyclic) bond motifs is 3. The van der Waals surface area contributed by atoms with E-state index in [4.69, 9.17) is 18.9 Å². The highest BCUT2D eigenvalue weighted by atomic mass is 16.6. The molecule has 0 bridgehead atoms. The second kappa shape index (κ2) is 15.2. The number of alkyl carbamates (subject to hydrolysis) is 2. The van der Waals surface area contributed by atoms with E-state index in [0.29, 0.717) is 17.5 Å². The van der Waals surface area contributed by atoms with E-state index in [0.717, 1.165) is 22.3 Å². The summed E-state index contributed by atoms with van der Waals surface area (Å²) in [4.78, 5) is 50.6. The Balaban J connectivity index is 1.36. The number of carbonyl (C=O) groups excluding carboxylic acids is 4. The minimum Gasteiger partial charge on any atom is -0.459 e. The van der Waals surface area contributed by atoms with Crippen LogP contribution in [0.5, 0.6) is 0 Å². The van der Waals surface area contributed by atoms with Crippen molar-refractivity contribution in [3.8, 4) is 11.1 Å². The van der Waals surface area contributed by atoms with Crippen LogP contribution in [-0.2, 0) is 30.3 Å². The molecule has 0 spiro atoms. The molecule has 3 aromatic carbocycles. The molecule has 2 amide bonds. The number of ether oxygens (including phenoxy) is 4. The van der Waals surface area contributed by atoms with Gasteiger partial charge in [0.05, 0.1) is 5.56 Å². The predicted molar refractivity (Wildman–Crippen MR) is 177 cm³/mol. The van der Waals surface area contributed by atoms with Crippen molar-refractivity contribution < 1.29 is 38.1 Å². The lowest BCUT2D eigenvalue weighted by molar-refractivity contribution is -0.147. The summed E-state index contributed by atoms with van der Waals surface area (Å²) in [5.41, 5.74) is 4.12. The Kier molecular flexibility index (Phi) is 11.3. The molecule has 0 radical (unpaired) electrons. The van der Waals surface area contributed by atoms with Crippen LogP contribution in [0.3, 0.4) is 0 Å². The van der Waals surface area contributed by atoms with Crippen LogP contribution in [0.25, 0.3) is 11.1 Å². The Morgan fingerprint density at radius 2 is 1.30 bits per heavy atom. The molecule has 0 saturated carbocycles. The van der Waals surface area contributed by atoms with Crippen molar-refractivity contribution in [3.63, 3.8) is 0 Å². The third kappa shape index (κ3) is 10.3. The highest BCUT2D eigenvalue weighted by molar-refractivity contribution is 5.89. The van der Waals surface area contributed by atoms with E-state index in [2.05, 4.69) is 22.8 Å². The van der Waals surface area contributed by atoms with Crippen molar-refractivity contribution in [1.29, 1.82) is 0 Å². The first-order chi connectivity index (χ1) is 22.2. The molecule has 1 atom stereocenters. The Labute approximate surface area is 276 Å². The van der Waals surface area contributed by atoms with Gasteiger partial charge in [0.2, 0.25) is 0 Å². The van der Waals surface area contributed by atoms with Crippen molar-refractivity contribution in [3.05, 3.63) is 95.1 Å². The Hall–Kier alpha value is -4.86. The minimum absolute atomic E-state index is 0.0769. The van der Waals surface area contributed by atoms with Crippen molar-refractivity contribution in [2.24, 2.45) is 0 Å². The number of carbonyl (C=O) groups is 4. The zero-order chi connectivity index (χ0) is 34.2. The third-order valence-electron chi connectivity index (χ3n) is 7.23. The van der Waals surface area contributed by atoms with E-state index in [1.807, 2.05) is 36.4 Å². The molecule has 10 heteroatoms. The van der Waals surface area contributed by atoms with Crippen LogP contribution >= 0.6 is 0 Å². The van der Waals surface area contributed by atoms with Gasteiger partial charge in [0.15, 0.2) is 0 Å². The summed E-state index contributed by atoms with van der Waals surface area (Å²) in [5.74, 6) is -1.25. The summed E-state index contributed by atoms with van der Waals surface area (Å²) in [6.07, 6.45) is -0.796. The topological polar surface area (TPSA) is 129 Å². The molecule has 0 unspecified atom stereocenters. The van der Waals surface area contributed by atoms with Crippen LogP contribution in [-0.4, -0.2) is 54.5 Å². The summed E-state index contributed by atoms with van der Waals surface area (Å²) >= 11 is 0. The molecule has 3 aromatic rings. The lowest BCUT2D eigenvalue weighted by Gasteiger charge is -2.21. The van der Waals surface area contributed by atoms with Crippen LogP contribution < -0.4 is 10.6 Å². The van der Waals surface area contributed by atoms with Crippen LogP contribution in [0.15, 0.2) is 72.8 Å². The highest BCUT2D eigenvalue weighted by Crippen LogP contribution is 2.44. The number of benzene rings is 3. The van der Waals surface area contributed by atoms with Gasteiger partial charge in [0.25, 0.3) is 0 Å². The van der Waals surface area contributed by atoms with Crippen LogP contribution in [0.2, 0.25) is 0 Å². The Morgan fingerprint density at radius 3 is 1.87 bits per heavy atom. The molecule has 2 N–H and O–H groups in total. The first kappa shape index (κ1) is 35.0. The second-order valence-electron chi connectivity index (χ2n) is 13.4. The summed E-state index contributed by atoms with van der Waals surface area (Å²) in [7, 11) is 0. The van der Waals surface area contributed by atoms with Gasteiger partial charge in [-0.3, -0.25) is 0 Å². The summed E-state index contributed by atoms with van der Waals surface area (Å²) in [5, 5.41) is 5.32. The van der Waals surface area contributed by atoms with Crippen molar-refractivity contribution in [2.45, 2.75) is 84.2 Å². The van der Waals surface area contributed by atoms with E-state index >= 15 is 0 Å². The van der Waals surface area contributed by atoms with E-state index in [1.165, 1.54) is 0 Å². The maximum absolute atomic E-state index is 13.2. The van der Waals surface area contributed by atoms with Gasteiger partial charge in [0.1, 0.15) is 30.5 Å². The minimum atomic E-state index is -1.04. The number of hydrogen-bond donors (Lipinski definition) is 2. The number of amides is 2. The number of hydrogen-bond acceptors (Lipinski definition) is 8. The fraction of sp³-hybridized carbons (Fsp3) is 0.405. The monoisotopic (exact) mass is 644 g/mol. The van der Waals surface area contributed by atoms with Gasteiger partial charge in [-0.05, 0) is 94.3 Å². The fourth-order valence-corrected chi connectivity index (χ4v) is 5.17. The zero-order valence-corrected chi connectivity index (χ0v) is 27.9. The molecular weight excluding hydrogens is 600 g/mol. The molecule has 10 nitrogen and oxygen atoms in total. The van der Waals surface area contributed by atoms with E-state index in [-0.39, 0.29) is 32.1 Å². The maximum Gasteiger partial charge on any atom is 0.407 e. The van der Waals surface area contributed by atoms with E-state index in [1.54, 1.807) is 65.8 Å². The molecule has 4 rings (SSSR count). The molecule has 1 aliphatic carbocycles. The lowest BCUT2D eigenvalue weighted by atomic mass is 9.98. The Bertz CT molecular complexity index is 1520. The van der Waals surface area contributed by atoms with Gasteiger partial charge < -0.3 is 29.6 Å². The maximum atomic E-state index is 13.2. The quantitative estimate of drug-likeness (QED) is 0.131. The summed E-state index contributed by atoms with van der Waals surface area (Å²) in [6.45, 7) is 10.9. The largest absolute Gasteiger partial charge is 0.459 e. The number of rotatable bonds is 11. The molecule has 47 heavy (non-hydrogen) atoms. The molecule has 0 saturated heterocycles. The molecule has 0 fully saturated rings. The molecule has 0 heterocycles. The van der Waals surface area contributed by atoms with E-state index < -0.39 is 41.4 Å². The van der Waals surface area contributed by atoms with Crippen LogP contribution in [0.1, 0.15) is 87.4 Å². The van der Waals surface area contributed by atoms with Gasteiger partial charge in [0, 0.05) is 12.5 Å². The van der Waals surface area contributed by atoms with Gasteiger partial charge >= 0.3 is 24.1 Å². The first-order valence-corrected chi connectivity index (χ1v) is 15.8. The number of nitrogens with one attached hydrogen (secondary N) is 2. The van der Waals surface area contributed by atoms with Crippen molar-refractivity contribution in [1.82, 2.24) is 10.6 Å². The zero-order valence-electron chi connectivity index (χ0n) is 27.9. The van der Waals surface area contributed by atoms with Crippen molar-refractivity contribution >= 4 is 24.1 Å². The van der Waals surface area contributed by atoms with Crippen molar-refractivity contribution in [2.75, 3.05) is 13.2 Å². The molecule has 0 aromatic heterocycles. The van der Waals surface area contributed by atoms with Gasteiger partial charge in [-0.1, -0.05) is 60.7 Å². The van der Waals surface area contributed by atoms with Crippen LogP contribution in [0.4, 0.5) is 9.59 Å². The van der Waals surface area contributed by atoms with E-state index in [9.17, 15) is 19.2 Å². The molecular formula is C37H44N2O8. The van der Waals surface area contributed by atoms with Crippen LogP contribution in [0, 0.1) is 0 Å². The second-order valence-corrected chi connectivity index (χ2v) is 13.4. The predicted octanol–water partition coefficient (Wildman–Crippen LogP) is 6.90. The molecule has 250 valence electrons. The normalized spacial score (nSPS) is 13.1. The lowest BCUT2D eigenvalue weighted by Crippen LogP contribution is -2.43. The average Bonchev–Trinajstić information content (AvgIpc) is 3.32. The fourth-order valence-electron chi connectivity index (χ4n) is 5.17. The third-order valence-corrected chi connectivity index (χ3v) is 7.23. The summed E-state index contributed by atoms with van der Waals surface area (Å²) < 4.78 is 21.9. The standard InChI is InChI=1S/C37H44N2O8/c1-36(2,3)46-32(40)25-19-17-24(18-20-25)22-44-33(41)31(16-11-21-38-34(42)47-37(4,5)6)39-35(43)45-23-30-28-14-9-7-12-26(28)27-13-8-10-15-29(27)30/h7-10,12-15,17-20,30-31H,11,16,21-23H2,1-6H3,(H,38,42)(H,39,43)/t31-/m0/s1. The smallest absolute Gasteiger partial charge is 0.407 e. The Morgan fingerprint density at radius 1 is 0.723 bits per heavy atom. The van der Waals surface area contributed by atoms with Gasteiger partial charge in [-0.15, -0.1) is 0 Å². The summed E-state index contributed by atoms with van der Waals surface area (Å²) in [6, 6.07) is 21.6.